The molecule has 2 aromatic heterocycles. The first-order valence-corrected chi connectivity index (χ1v) is 9.95. The van der Waals surface area contributed by atoms with Gasteiger partial charge in [-0.05, 0) is 54.4 Å². The van der Waals surface area contributed by atoms with Gasteiger partial charge in [0.25, 0.3) is 0 Å². The van der Waals surface area contributed by atoms with Crippen LogP contribution < -0.4 is 10.2 Å². The van der Waals surface area contributed by atoms with Gasteiger partial charge in [-0.2, -0.15) is 0 Å². The molecule has 4 aromatic rings. The van der Waals surface area contributed by atoms with Gasteiger partial charge in [0.1, 0.15) is 5.82 Å². The quantitative estimate of drug-likeness (QED) is 0.485. The molecule has 0 fully saturated rings. The van der Waals surface area contributed by atoms with Gasteiger partial charge in [-0.3, -0.25) is 4.79 Å². The van der Waals surface area contributed by atoms with Crippen LogP contribution >= 0.6 is 11.6 Å². The maximum Gasteiger partial charge on any atom is 0.228 e. The average Bonchev–Trinajstić information content (AvgIpc) is 3.12. The molecule has 0 spiro atoms. The van der Waals surface area contributed by atoms with Crippen molar-refractivity contribution in [2.45, 2.75) is 13.3 Å². The molecule has 0 saturated heterocycles. The zero-order valence-corrected chi connectivity index (χ0v) is 17.8. The lowest BCUT2D eigenvalue weighted by atomic mass is 10.1. The second-order valence-corrected chi connectivity index (χ2v) is 7.86. The molecule has 6 nitrogen and oxygen atoms in total. The van der Waals surface area contributed by atoms with Crippen LogP contribution in [0.1, 0.15) is 11.1 Å². The number of anilines is 2. The number of pyridine rings is 1. The number of aryl methyl sites for hydroxylation is 1. The highest BCUT2D eigenvalue weighted by molar-refractivity contribution is 6.33. The Balaban J connectivity index is 1.53. The van der Waals surface area contributed by atoms with Gasteiger partial charge >= 0.3 is 0 Å². The van der Waals surface area contributed by atoms with E-state index in [0.717, 1.165) is 22.3 Å². The summed E-state index contributed by atoms with van der Waals surface area (Å²) in [5.41, 5.74) is 5.93. The number of H-pyrrole nitrogens is 1. The minimum Gasteiger partial charge on any atom is -0.378 e. The third kappa shape index (κ3) is 4.28. The zero-order chi connectivity index (χ0) is 21.3. The summed E-state index contributed by atoms with van der Waals surface area (Å²) in [4.78, 5) is 26.7. The highest BCUT2D eigenvalue weighted by atomic mass is 35.5. The molecular formula is C23H22ClN5O. The van der Waals surface area contributed by atoms with Crippen LogP contribution in [0, 0.1) is 6.92 Å². The van der Waals surface area contributed by atoms with Crippen LogP contribution in [0.2, 0.25) is 5.02 Å². The van der Waals surface area contributed by atoms with Crippen LogP contribution in [0.25, 0.3) is 22.6 Å². The van der Waals surface area contributed by atoms with Crippen LogP contribution in [0.4, 0.5) is 11.4 Å². The van der Waals surface area contributed by atoms with Crippen LogP contribution in [0.15, 0.2) is 54.7 Å². The molecule has 0 radical (unpaired) electrons. The maximum absolute atomic E-state index is 12.5. The smallest absolute Gasteiger partial charge is 0.228 e. The maximum atomic E-state index is 12.5. The lowest BCUT2D eigenvalue weighted by Crippen LogP contribution is -2.14. The summed E-state index contributed by atoms with van der Waals surface area (Å²) in [6.07, 6.45) is 2.07. The molecule has 7 heteroatoms. The second kappa shape index (κ2) is 8.16. The van der Waals surface area contributed by atoms with Gasteiger partial charge in [0, 0.05) is 37.2 Å². The number of hydrogen-bond donors (Lipinski definition) is 2. The van der Waals surface area contributed by atoms with E-state index < -0.39 is 0 Å². The molecule has 30 heavy (non-hydrogen) atoms. The Labute approximate surface area is 179 Å². The molecule has 0 aliphatic heterocycles. The normalized spacial score (nSPS) is 10.9. The Hall–Kier alpha value is -3.38. The van der Waals surface area contributed by atoms with E-state index in [1.165, 1.54) is 0 Å². The Bertz CT molecular complexity index is 1210. The molecule has 0 aliphatic rings. The van der Waals surface area contributed by atoms with Crippen molar-refractivity contribution in [2.24, 2.45) is 0 Å². The van der Waals surface area contributed by atoms with Gasteiger partial charge in [-0.15, -0.1) is 0 Å². The first-order chi connectivity index (χ1) is 14.4. The molecule has 4 rings (SSSR count). The lowest BCUT2D eigenvalue weighted by Gasteiger charge is -2.13. The van der Waals surface area contributed by atoms with E-state index in [1.807, 2.05) is 62.3 Å². The number of carbonyl (C=O) groups is 1. The summed E-state index contributed by atoms with van der Waals surface area (Å²) in [6.45, 7) is 1.98. The highest BCUT2D eigenvalue weighted by Crippen LogP contribution is 2.30. The van der Waals surface area contributed by atoms with Crippen molar-refractivity contribution in [3.05, 3.63) is 70.9 Å². The molecule has 152 valence electrons. The van der Waals surface area contributed by atoms with Crippen molar-refractivity contribution in [3.8, 4) is 11.4 Å². The molecule has 0 aliphatic carbocycles. The van der Waals surface area contributed by atoms with E-state index in [0.29, 0.717) is 34.2 Å². The molecule has 2 aromatic carbocycles. The predicted octanol–water partition coefficient (Wildman–Crippen LogP) is 4.83. The van der Waals surface area contributed by atoms with Crippen molar-refractivity contribution in [3.63, 3.8) is 0 Å². The van der Waals surface area contributed by atoms with Crippen LogP contribution in [0.5, 0.6) is 0 Å². The number of aromatic amines is 1. The fourth-order valence-corrected chi connectivity index (χ4v) is 3.43. The highest BCUT2D eigenvalue weighted by Gasteiger charge is 2.12. The van der Waals surface area contributed by atoms with Gasteiger partial charge in [0.05, 0.1) is 17.0 Å². The topological polar surface area (TPSA) is 73.9 Å². The van der Waals surface area contributed by atoms with Crippen LogP contribution in [0.3, 0.4) is 0 Å². The molecule has 0 saturated carbocycles. The van der Waals surface area contributed by atoms with E-state index in [4.69, 9.17) is 11.6 Å². The molecule has 0 atom stereocenters. The molecule has 0 unspecified atom stereocenters. The Kier molecular flexibility index (Phi) is 5.42. The van der Waals surface area contributed by atoms with E-state index in [1.54, 1.807) is 18.3 Å². The fourth-order valence-electron chi connectivity index (χ4n) is 3.22. The fraction of sp³-hybridized carbons (Fsp3) is 0.174. The summed E-state index contributed by atoms with van der Waals surface area (Å²) < 4.78 is 0. The largest absolute Gasteiger partial charge is 0.378 e. The monoisotopic (exact) mass is 419 g/mol. The molecule has 1 amide bonds. The van der Waals surface area contributed by atoms with Crippen LogP contribution in [-0.4, -0.2) is 35.0 Å². The van der Waals surface area contributed by atoms with Gasteiger partial charge in [-0.25, -0.2) is 9.97 Å². The van der Waals surface area contributed by atoms with Crippen molar-refractivity contribution in [1.82, 2.24) is 15.0 Å². The number of carbonyl (C=O) groups excluding carboxylic acids is 1. The number of aromatic nitrogens is 3. The summed E-state index contributed by atoms with van der Waals surface area (Å²) in [7, 11) is 3.97. The number of imidazole rings is 1. The standard InChI is InChI=1S/C23H22ClN5O/c1-14-10-20-23(25-13-14)28-22(27-20)18-12-16(6-9-19(18)24)26-21(30)11-15-4-7-17(8-5-15)29(2)3/h4-10,12-13H,11H2,1-3H3,(H,26,30)(H,25,27,28). The van der Waals surface area contributed by atoms with Crippen molar-refractivity contribution in [2.75, 3.05) is 24.3 Å². The summed E-state index contributed by atoms with van der Waals surface area (Å²) in [5, 5.41) is 3.49. The third-order valence-electron chi connectivity index (χ3n) is 4.80. The average molecular weight is 420 g/mol. The van der Waals surface area contributed by atoms with Gasteiger partial charge in [0.15, 0.2) is 5.65 Å². The third-order valence-corrected chi connectivity index (χ3v) is 5.13. The summed E-state index contributed by atoms with van der Waals surface area (Å²) in [5.74, 6) is 0.520. The number of nitrogens with zero attached hydrogens (tertiary/aromatic N) is 3. The number of hydrogen-bond acceptors (Lipinski definition) is 4. The lowest BCUT2D eigenvalue weighted by molar-refractivity contribution is -0.115. The summed E-state index contributed by atoms with van der Waals surface area (Å²) in [6, 6.07) is 15.3. The molecule has 2 heterocycles. The zero-order valence-electron chi connectivity index (χ0n) is 17.0. The Morgan fingerprint density at radius 2 is 1.90 bits per heavy atom. The van der Waals surface area contributed by atoms with E-state index in [2.05, 4.69) is 20.3 Å². The first kappa shape index (κ1) is 19.9. The van der Waals surface area contributed by atoms with Crippen molar-refractivity contribution >= 4 is 40.0 Å². The first-order valence-electron chi connectivity index (χ1n) is 9.57. The second-order valence-electron chi connectivity index (χ2n) is 7.45. The SMILES string of the molecule is Cc1cnc2nc(-c3cc(NC(=O)Cc4ccc(N(C)C)cc4)ccc3Cl)[nH]c2c1. The van der Waals surface area contributed by atoms with E-state index in [9.17, 15) is 4.79 Å². The molecular weight excluding hydrogens is 398 g/mol. The van der Waals surface area contributed by atoms with Gasteiger partial charge in [0.2, 0.25) is 5.91 Å². The number of fused-ring (bicyclic) bond motifs is 1. The van der Waals surface area contributed by atoms with Gasteiger partial charge < -0.3 is 15.2 Å². The number of nitrogens with one attached hydrogen (secondary N) is 2. The minimum atomic E-state index is -0.0947. The summed E-state index contributed by atoms with van der Waals surface area (Å²) >= 11 is 6.40. The predicted molar refractivity (Wildman–Crippen MR) is 122 cm³/mol. The van der Waals surface area contributed by atoms with Gasteiger partial charge in [-0.1, -0.05) is 23.7 Å². The molecule has 0 bridgehead atoms. The van der Waals surface area contributed by atoms with E-state index in [-0.39, 0.29) is 5.91 Å². The Morgan fingerprint density at radius 3 is 2.63 bits per heavy atom. The molecule has 2 N–H and O–H groups in total. The number of benzene rings is 2. The van der Waals surface area contributed by atoms with E-state index >= 15 is 0 Å². The number of halogens is 1. The van der Waals surface area contributed by atoms with Crippen molar-refractivity contribution in [1.29, 1.82) is 0 Å². The van der Waals surface area contributed by atoms with Crippen LogP contribution in [-0.2, 0) is 11.2 Å². The Morgan fingerprint density at radius 1 is 1.13 bits per heavy atom. The minimum absolute atomic E-state index is 0.0947. The number of amides is 1. The number of rotatable bonds is 5. The van der Waals surface area contributed by atoms with Crippen molar-refractivity contribution < 1.29 is 4.79 Å².